The van der Waals surface area contributed by atoms with Gasteiger partial charge in [-0.3, -0.25) is 0 Å². The van der Waals surface area contributed by atoms with E-state index in [0.717, 1.165) is 0 Å². The molecule has 0 amide bonds. The molecule has 0 aromatic heterocycles. The first-order chi connectivity index (χ1) is 8.70. The van der Waals surface area contributed by atoms with Gasteiger partial charge in [-0.2, -0.15) is 0 Å². The van der Waals surface area contributed by atoms with E-state index in [1.807, 2.05) is 27.7 Å². The fourth-order valence-corrected chi connectivity index (χ4v) is 1.65. The third kappa shape index (κ3) is 5.17. The van der Waals surface area contributed by atoms with E-state index in [9.17, 15) is 4.39 Å². The largest absolute Gasteiger partial charge is 0.491 e. The molecule has 0 bridgehead atoms. The van der Waals surface area contributed by atoms with Gasteiger partial charge in [-0.1, -0.05) is 0 Å². The standard InChI is InChI=1S/C15H24FNO2/c1-10-8-14(12(11(2)17)9-13(10)16)18-6-7-19-15(3,4)5/h8-9,11H,6-7,17H2,1-5H3/t11-/m0/s1. The van der Waals surface area contributed by atoms with E-state index in [-0.39, 0.29) is 17.5 Å². The van der Waals surface area contributed by atoms with E-state index in [4.69, 9.17) is 15.2 Å². The molecule has 0 aliphatic carbocycles. The molecule has 1 atom stereocenters. The normalized spacial score (nSPS) is 13.4. The van der Waals surface area contributed by atoms with Gasteiger partial charge in [-0.15, -0.1) is 0 Å². The van der Waals surface area contributed by atoms with E-state index in [1.54, 1.807) is 13.0 Å². The topological polar surface area (TPSA) is 44.5 Å². The van der Waals surface area contributed by atoms with Crippen molar-refractivity contribution in [3.63, 3.8) is 0 Å². The lowest BCUT2D eigenvalue weighted by Crippen LogP contribution is -2.22. The second-order valence-electron chi connectivity index (χ2n) is 5.74. The number of halogens is 1. The van der Waals surface area contributed by atoms with Crippen LogP contribution in [0.2, 0.25) is 0 Å². The van der Waals surface area contributed by atoms with Crippen LogP contribution in [-0.2, 0) is 4.74 Å². The fourth-order valence-electron chi connectivity index (χ4n) is 1.65. The molecular formula is C15H24FNO2. The summed E-state index contributed by atoms with van der Waals surface area (Å²) in [4.78, 5) is 0. The minimum atomic E-state index is -0.270. The zero-order valence-corrected chi connectivity index (χ0v) is 12.4. The number of ether oxygens (including phenoxy) is 2. The highest BCUT2D eigenvalue weighted by atomic mass is 19.1. The van der Waals surface area contributed by atoms with Crippen LogP contribution in [-0.4, -0.2) is 18.8 Å². The van der Waals surface area contributed by atoms with Crippen LogP contribution in [0.25, 0.3) is 0 Å². The van der Waals surface area contributed by atoms with Gasteiger partial charge >= 0.3 is 0 Å². The Morgan fingerprint density at radius 1 is 1.26 bits per heavy atom. The Morgan fingerprint density at radius 3 is 2.42 bits per heavy atom. The number of hydrogen-bond donors (Lipinski definition) is 1. The van der Waals surface area contributed by atoms with Gasteiger partial charge in [0.2, 0.25) is 0 Å². The van der Waals surface area contributed by atoms with E-state index in [1.165, 1.54) is 6.07 Å². The molecule has 2 N–H and O–H groups in total. The van der Waals surface area contributed by atoms with E-state index in [2.05, 4.69) is 0 Å². The molecule has 0 aliphatic heterocycles. The van der Waals surface area contributed by atoms with Gasteiger partial charge in [0, 0.05) is 11.6 Å². The second-order valence-corrected chi connectivity index (χ2v) is 5.74. The van der Waals surface area contributed by atoms with Crippen LogP contribution in [0.5, 0.6) is 5.75 Å². The first-order valence-corrected chi connectivity index (χ1v) is 6.53. The van der Waals surface area contributed by atoms with Crippen LogP contribution >= 0.6 is 0 Å². The molecule has 0 radical (unpaired) electrons. The summed E-state index contributed by atoms with van der Waals surface area (Å²) in [6, 6.07) is 2.86. The number of benzene rings is 1. The summed E-state index contributed by atoms with van der Waals surface area (Å²) in [5, 5.41) is 0. The number of nitrogens with two attached hydrogens (primary N) is 1. The molecule has 1 aromatic carbocycles. The van der Waals surface area contributed by atoms with Crippen LogP contribution in [0.15, 0.2) is 12.1 Å². The summed E-state index contributed by atoms with van der Waals surface area (Å²) in [7, 11) is 0. The van der Waals surface area contributed by atoms with Gasteiger partial charge in [-0.05, 0) is 52.3 Å². The molecular weight excluding hydrogens is 245 g/mol. The van der Waals surface area contributed by atoms with Crippen LogP contribution in [0.3, 0.4) is 0 Å². The zero-order chi connectivity index (χ0) is 14.6. The molecule has 0 fully saturated rings. The SMILES string of the molecule is Cc1cc(OCCOC(C)(C)C)c([C@H](C)N)cc1F. The quantitative estimate of drug-likeness (QED) is 0.834. The second kappa shape index (κ2) is 6.35. The molecule has 0 saturated heterocycles. The maximum Gasteiger partial charge on any atom is 0.126 e. The van der Waals surface area contributed by atoms with Crippen LogP contribution < -0.4 is 10.5 Å². The summed E-state index contributed by atoms with van der Waals surface area (Å²) in [6.45, 7) is 10.4. The van der Waals surface area contributed by atoms with Gasteiger partial charge in [0.15, 0.2) is 0 Å². The molecule has 3 nitrogen and oxygen atoms in total. The first-order valence-electron chi connectivity index (χ1n) is 6.53. The Hall–Kier alpha value is -1.13. The highest BCUT2D eigenvalue weighted by Crippen LogP contribution is 2.27. The van der Waals surface area contributed by atoms with Crippen LogP contribution in [0.1, 0.15) is 44.9 Å². The summed E-state index contributed by atoms with van der Waals surface area (Å²) in [5.74, 6) is 0.372. The molecule has 108 valence electrons. The summed E-state index contributed by atoms with van der Waals surface area (Å²) in [5.41, 5.74) is 6.87. The maximum absolute atomic E-state index is 13.5. The van der Waals surface area contributed by atoms with Crippen molar-refractivity contribution in [2.75, 3.05) is 13.2 Å². The van der Waals surface area contributed by atoms with E-state index >= 15 is 0 Å². The molecule has 1 aromatic rings. The van der Waals surface area contributed by atoms with E-state index in [0.29, 0.717) is 30.1 Å². The van der Waals surface area contributed by atoms with Gasteiger partial charge in [0.05, 0.1) is 12.2 Å². The third-order valence-corrected chi connectivity index (χ3v) is 2.66. The molecule has 1 rings (SSSR count). The Kier molecular flexibility index (Phi) is 5.32. The Bertz CT molecular complexity index is 425. The lowest BCUT2D eigenvalue weighted by Gasteiger charge is -2.20. The van der Waals surface area contributed by atoms with Crippen molar-refractivity contribution in [2.45, 2.75) is 46.3 Å². The highest BCUT2D eigenvalue weighted by Gasteiger charge is 2.13. The van der Waals surface area contributed by atoms with Crippen molar-refractivity contribution >= 4 is 0 Å². The summed E-state index contributed by atoms with van der Waals surface area (Å²) >= 11 is 0. The third-order valence-electron chi connectivity index (χ3n) is 2.66. The number of aryl methyl sites for hydroxylation is 1. The molecule has 19 heavy (non-hydrogen) atoms. The summed E-state index contributed by atoms with van der Waals surface area (Å²) < 4.78 is 24.8. The van der Waals surface area contributed by atoms with E-state index < -0.39 is 0 Å². The minimum absolute atomic E-state index is 0.188. The zero-order valence-electron chi connectivity index (χ0n) is 12.4. The number of hydrogen-bond acceptors (Lipinski definition) is 3. The Labute approximate surface area is 114 Å². The van der Waals surface area contributed by atoms with Crippen LogP contribution in [0, 0.1) is 12.7 Å². The molecule has 0 aliphatic rings. The smallest absolute Gasteiger partial charge is 0.126 e. The minimum Gasteiger partial charge on any atom is -0.491 e. The highest BCUT2D eigenvalue weighted by molar-refractivity contribution is 5.39. The maximum atomic E-state index is 13.5. The molecule has 0 unspecified atom stereocenters. The van der Waals surface area contributed by atoms with Crippen LogP contribution in [0.4, 0.5) is 4.39 Å². The first kappa shape index (κ1) is 15.9. The Balaban J connectivity index is 2.69. The van der Waals surface area contributed by atoms with Gasteiger partial charge in [-0.25, -0.2) is 4.39 Å². The average Bonchev–Trinajstić information content (AvgIpc) is 2.27. The van der Waals surface area contributed by atoms with Crippen molar-refractivity contribution < 1.29 is 13.9 Å². The predicted octanol–water partition coefficient (Wildman–Crippen LogP) is 3.35. The van der Waals surface area contributed by atoms with Crippen molar-refractivity contribution in [3.05, 3.63) is 29.1 Å². The van der Waals surface area contributed by atoms with Crippen molar-refractivity contribution in [3.8, 4) is 5.75 Å². The number of rotatable bonds is 5. The molecule has 0 saturated carbocycles. The fraction of sp³-hybridized carbons (Fsp3) is 0.600. The summed E-state index contributed by atoms with van der Waals surface area (Å²) in [6.07, 6.45) is 0. The lowest BCUT2D eigenvalue weighted by molar-refractivity contribution is -0.0164. The molecule has 0 heterocycles. The van der Waals surface area contributed by atoms with Gasteiger partial charge in [0.1, 0.15) is 18.2 Å². The van der Waals surface area contributed by atoms with Crippen molar-refractivity contribution in [1.29, 1.82) is 0 Å². The average molecular weight is 269 g/mol. The molecule has 0 spiro atoms. The van der Waals surface area contributed by atoms with Gasteiger partial charge in [0.25, 0.3) is 0 Å². The molecule has 4 heteroatoms. The van der Waals surface area contributed by atoms with Crippen molar-refractivity contribution in [1.82, 2.24) is 0 Å². The van der Waals surface area contributed by atoms with Gasteiger partial charge < -0.3 is 15.2 Å². The predicted molar refractivity (Wildman–Crippen MR) is 74.9 cm³/mol. The lowest BCUT2D eigenvalue weighted by atomic mass is 10.1. The monoisotopic (exact) mass is 269 g/mol. The van der Waals surface area contributed by atoms with Crippen molar-refractivity contribution in [2.24, 2.45) is 5.73 Å². The Morgan fingerprint density at radius 2 is 1.89 bits per heavy atom.